The molecule has 2 aliphatic heterocycles. The first-order valence-electron chi connectivity index (χ1n) is 18.7. The number of methoxy groups -OCH3 is 1. The van der Waals surface area contributed by atoms with Crippen molar-refractivity contribution in [1.29, 1.82) is 0 Å². The summed E-state index contributed by atoms with van der Waals surface area (Å²) in [5.41, 5.74) is -1.26. The molecular weight excluding hydrogens is 614 g/mol. The third kappa shape index (κ3) is 4.66. The third-order valence-corrected chi connectivity index (χ3v) is 15.9. The number of aliphatic hydroxyl groups is 2. The van der Waals surface area contributed by atoms with Gasteiger partial charge in [0, 0.05) is 18.9 Å². The predicted molar refractivity (Wildman–Crippen MR) is 177 cm³/mol. The highest BCUT2D eigenvalue weighted by Crippen LogP contribution is 2.89. The van der Waals surface area contributed by atoms with E-state index < -0.39 is 36.2 Å². The van der Waals surface area contributed by atoms with Crippen LogP contribution in [0.25, 0.3) is 0 Å². The van der Waals surface area contributed by atoms with E-state index in [0.29, 0.717) is 38.0 Å². The molecule has 2 saturated heterocycles. The minimum atomic E-state index is -1.27. The van der Waals surface area contributed by atoms with Crippen molar-refractivity contribution >= 4 is 12.1 Å². The van der Waals surface area contributed by atoms with Gasteiger partial charge in [0.15, 0.2) is 12.4 Å². The fraction of sp³-hybridized carbons (Fsp3) is 0.947. The van der Waals surface area contributed by atoms with Gasteiger partial charge in [0.2, 0.25) is 0 Å². The van der Waals surface area contributed by atoms with E-state index in [1.165, 1.54) is 26.9 Å². The number of rotatable bonds is 5. The first kappa shape index (κ1) is 35.0. The Kier molecular flexibility index (Phi) is 8.21. The summed E-state index contributed by atoms with van der Waals surface area (Å²) in [6, 6.07) is 0. The van der Waals surface area contributed by atoms with Crippen LogP contribution in [0.3, 0.4) is 0 Å². The van der Waals surface area contributed by atoms with E-state index in [0.717, 1.165) is 32.1 Å². The van der Waals surface area contributed by atoms with Gasteiger partial charge >= 0.3 is 12.1 Å². The number of esters is 1. The number of morpholine rings is 1. The number of carbonyl (C=O) groups is 2. The number of hydrogen-bond donors (Lipinski definition) is 2. The summed E-state index contributed by atoms with van der Waals surface area (Å²) in [7, 11) is 1.41. The van der Waals surface area contributed by atoms with E-state index in [4.69, 9.17) is 23.7 Å². The molecule has 5 saturated carbocycles. The summed E-state index contributed by atoms with van der Waals surface area (Å²) < 4.78 is 30.2. The molecule has 10 heteroatoms. The molecule has 14 atom stereocenters. The van der Waals surface area contributed by atoms with Gasteiger partial charge in [0.05, 0.1) is 50.3 Å². The van der Waals surface area contributed by atoms with Gasteiger partial charge in [-0.25, -0.2) is 4.79 Å². The lowest BCUT2D eigenvalue weighted by Gasteiger charge is -2.64. The molecule has 0 bridgehead atoms. The molecule has 7 rings (SSSR count). The second-order valence-electron chi connectivity index (χ2n) is 18.6. The summed E-state index contributed by atoms with van der Waals surface area (Å²) in [6.45, 7) is 17.9. The van der Waals surface area contributed by atoms with Crippen LogP contribution in [0.15, 0.2) is 0 Å². The lowest BCUT2D eigenvalue weighted by Crippen LogP contribution is -2.60. The van der Waals surface area contributed by atoms with Crippen LogP contribution in [0.5, 0.6) is 0 Å². The zero-order valence-electron chi connectivity index (χ0n) is 30.8. The number of carbonyl (C=O) groups excluding carboxylic acids is 2. The van der Waals surface area contributed by atoms with Gasteiger partial charge in [0.1, 0.15) is 0 Å². The van der Waals surface area contributed by atoms with E-state index in [2.05, 4.69) is 34.6 Å². The van der Waals surface area contributed by atoms with E-state index >= 15 is 0 Å². The Bertz CT molecular complexity index is 1300. The van der Waals surface area contributed by atoms with Gasteiger partial charge in [-0.2, -0.15) is 0 Å². The summed E-state index contributed by atoms with van der Waals surface area (Å²) in [5.74, 6) is 0.925. The smallest absolute Gasteiger partial charge is 0.409 e. The highest BCUT2D eigenvalue weighted by Gasteiger charge is 2.84. The van der Waals surface area contributed by atoms with Crippen LogP contribution in [0.2, 0.25) is 0 Å². The van der Waals surface area contributed by atoms with Crippen LogP contribution in [0.4, 0.5) is 4.79 Å². The zero-order valence-corrected chi connectivity index (χ0v) is 30.8. The molecule has 1 amide bonds. The maximum Gasteiger partial charge on any atom is 0.409 e. The Morgan fingerprint density at radius 3 is 2.38 bits per heavy atom. The topological polar surface area (TPSA) is 124 Å². The summed E-state index contributed by atoms with van der Waals surface area (Å²) >= 11 is 0. The zero-order chi connectivity index (χ0) is 34.8. The van der Waals surface area contributed by atoms with Crippen molar-refractivity contribution in [2.24, 2.45) is 50.7 Å². The Morgan fingerprint density at radius 1 is 1.02 bits per heavy atom. The van der Waals surface area contributed by atoms with Gasteiger partial charge in [-0.15, -0.1) is 0 Å². The van der Waals surface area contributed by atoms with Gasteiger partial charge in [-0.3, -0.25) is 4.79 Å². The number of amides is 1. The average Bonchev–Trinajstić information content (AvgIpc) is 3.65. The molecule has 10 nitrogen and oxygen atoms in total. The number of aliphatic hydroxyl groups excluding tert-OH is 1. The van der Waals surface area contributed by atoms with E-state index in [-0.39, 0.29) is 57.2 Å². The quantitative estimate of drug-likeness (QED) is 0.373. The molecule has 9 unspecified atom stereocenters. The standard InChI is InChI=1S/C38H61NO9/c1-21-18-23(31(34(5,6)43)46-22(2)40)47-29-28(21)35(7)14-15-38-20-37(38)13-12-26(48-27-19-39(16-17-45-27)32(42)44-9)33(3,4)24(37)10-11-25(38)36(35,8)30(29)41/h21,23-31,41,43H,10-20H2,1-9H3/t21-,23?,24+,25?,26?,27?,28+,29?,30+,31?,35?,36-,37?,38?/m1/s1. The van der Waals surface area contributed by atoms with E-state index in [1.807, 2.05) is 0 Å². The summed E-state index contributed by atoms with van der Waals surface area (Å²) in [4.78, 5) is 26.0. The van der Waals surface area contributed by atoms with E-state index in [1.54, 1.807) is 18.7 Å². The molecule has 2 heterocycles. The van der Waals surface area contributed by atoms with Crippen molar-refractivity contribution in [2.75, 3.05) is 26.8 Å². The van der Waals surface area contributed by atoms with Crippen LogP contribution in [0.1, 0.15) is 107 Å². The van der Waals surface area contributed by atoms with Crippen molar-refractivity contribution in [3.8, 4) is 0 Å². The highest BCUT2D eigenvalue weighted by atomic mass is 16.7. The monoisotopic (exact) mass is 675 g/mol. The average molecular weight is 676 g/mol. The summed E-state index contributed by atoms with van der Waals surface area (Å²) in [5, 5.41) is 23.6. The second-order valence-corrected chi connectivity index (χ2v) is 18.6. The Labute approximate surface area is 286 Å². The molecule has 2 spiro atoms. The summed E-state index contributed by atoms with van der Waals surface area (Å²) in [6.07, 6.45) is 5.42. The molecule has 7 aliphatic rings. The van der Waals surface area contributed by atoms with Gasteiger partial charge in [-0.1, -0.05) is 34.6 Å². The second kappa shape index (κ2) is 11.3. The maximum atomic E-state index is 12.6. The van der Waals surface area contributed by atoms with Gasteiger partial charge in [-0.05, 0) is 111 Å². The molecule has 2 N–H and O–H groups in total. The SMILES string of the molecule is COC(=O)N1CCOC(OC2CCC34CC35CCC3(C)[C@@H]6C(OC(C(OC(C)=O)C(C)(C)O)C[C@H]6C)[C@H](O)[C@@]3(C)C5CC[C@H]4C2(C)C)C1. The molecule has 0 aromatic heterocycles. The normalized spacial score (nSPS) is 49.7. The Balaban J connectivity index is 1.12. The number of ether oxygens (including phenoxy) is 5. The fourth-order valence-electron chi connectivity index (χ4n) is 13.8. The first-order valence-corrected chi connectivity index (χ1v) is 18.7. The van der Waals surface area contributed by atoms with Crippen LogP contribution in [-0.4, -0.2) is 96.4 Å². The molecule has 48 heavy (non-hydrogen) atoms. The van der Waals surface area contributed by atoms with Crippen molar-refractivity contribution < 1.29 is 43.5 Å². The van der Waals surface area contributed by atoms with Gasteiger partial charge < -0.3 is 38.8 Å². The van der Waals surface area contributed by atoms with Crippen molar-refractivity contribution in [3.05, 3.63) is 0 Å². The van der Waals surface area contributed by atoms with E-state index in [9.17, 15) is 19.8 Å². The predicted octanol–water partition coefficient (Wildman–Crippen LogP) is 5.31. The minimum Gasteiger partial charge on any atom is -0.457 e. The lowest BCUT2D eigenvalue weighted by atomic mass is 9.41. The first-order chi connectivity index (χ1) is 22.4. The maximum absolute atomic E-state index is 12.6. The van der Waals surface area contributed by atoms with Gasteiger partial charge in [0.25, 0.3) is 0 Å². The number of hydrogen-bond acceptors (Lipinski definition) is 9. The van der Waals surface area contributed by atoms with Crippen LogP contribution in [-0.2, 0) is 28.5 Å². The fourth-order valence-corrected chi connectivity index (χ4v) is 13.8. The molecule has 7 fully saturated rings. The third-order valence-electron chi connectivity index (χ3n) is 15.9. The Hall–Kier alpha value is -1.46. The molecule has 0 aromatic carbocycles. The minimum absolute atomic E-state index is 0.0430. The van der Waals surface area contributed by atoms with Crippen LogP contribution in [0, 0.1) is 50.7 Å². The van der Waals surface area contributed by atoms with Crippen LogP contribution >= 0.6 is 0 Å². The lowest BCUT2D eigenvalue weighted by molar-refractivity contribution is -0.246. The molecule has 0 radical (unpaired) electrons. The molecule has 272 valence electrons. The van der Waals surface area contributed by atoms with Crippen LogP contribution < -0.4 is 0 Å². The molecule has 5 aliphatic carbocycles. The Morgan fingerprint density at radius 2 is 1.71 bits per heavy atom. The van der Waals surface area contributed by atoms with Crippen molar-refractivity contribution in [2.45, 2.75) is 149 Å². The molecular formula is C38H61NO9. The molecule has 0 aromatic rings. The van der Waals surface area contributed by atoms with Crippen molar-refractivity contribution in [1.82, 2.24) is 4.90 Å². The largest absolute Gasteiger partial charge is 0.457 e. The number of nitrogens with zero attached hydrogens (tertiary/aromatic N) is 1. The highest BCUT2D eigenvalue weighted by molar-refractivity contribution is 5.67. The van der Waals surface area contributed by atoms with Crippen molar-refractivity contribution in [3.63, 3.8) is 0 Å². The number of fused-ring (bicyclic) bond motifs is 4.